The highest BCUT2D eigenvalue weighted by molar-refractivity contribution is 5.93. The number of benzene rings is 1. The van der Waals surface area contributed by atoms with Gasteiger partial charge in [0.05, 0.1) is 18.1 Å². The third kappa shape index (κ3) is 1.68. The van der Waals surface area contributed by atoms with E-state index in [1.165, 1.54) is 12.7 Å². The lowest BCUT2D eigenvalue weighted by Crippen LogP contribution is -2.58. The molecule has 3 aliphatic heterocycles. The molecule has 0 unspecified atom stereocenters. The van der Waals surface area contributed by atoms with Gasteiger partial charge in [0.1, 0.15) is 0 Å². The first kappa shape index (κ1) is 15.2. The number of methoxy groups -OCH3 is 1. The normalized spacial score (nSPS) is 35.0. The fraction of sp³-hybridized carbons (Fsp3) is 0.476. The summed E-state index contributed by atoms with van der Waals surface area (Å²) in [6.45, 7) is 4.34. The van der Waals surface area contributed by atoms with Crippen LogP contribution in [0.15, 0.2) is 47.7 Å². The number of hydrogen-bond donors (Lipinski definition) is 1. The van der Waals surface area contributed by atoms with Gasteiger partial charge in [0.25, 0.3) is 0 Å². The quantitative estimate of drug-likeness (QED) is 0.665. The Morgan fingerprint density at radius 3 is 3.04 bits per heavy atom. The lowest BCUT2D eigenvalue weighted by molar-refractivity contribution is -0.137. The molecule has 0 aromatic heterocycles. The van der Waals surface area contributed by atoms with Gasteiger partial charge in [-0.15, -0.1) is 0 Å². The molecule has 1 aliphatic carbocycles. The van der Waals surface area contributed by atoms with Crippen molar-refractivity contribution in [1.82, 2.24) is 4.90 Å². The lowest BCUT2D eigenvalue weighted by atomic mass is 9.55. The van der Waals surface area contributed by atoms with Crippen molar-refractivity contribution >= 4 is 11.7 Å². The number of fused-ring (bicyclic) bond motifs is 1. The molecule has 0 amide bonds. The number of hydrogen-bond acceptors (Lipinski definition) is 4. The van der Waals surface area contributed by atoms with Crippen LogP contribution in [0.1, 0.15) is 31.7 Å². The summed E-state index contributed by atoms with van der Waals surface area (Å²) in [5, 5.41) is 3.62. The van der Waals surface area contributed by atoms with Crippen LogP contribution in [-0.2, 0) is 14.9 Å². The van der Waals surface area contributed by atoms with Crippen LogP contribution in [-0.4, -0.2) is 37.1 Å². The second kappa shape index (κ2) is 4.98. The van der Waals surface area contributed by atoms with E-state index < -0.39 is 0 Å². The van der Waals surface area contributed by atoms with E-state index in [-0.39, 0.29) is 16.8 Å². The first-order valence-electron chi connectivity index (χ1n) is 9.26. The number of carbonyl (C=O) groups is 1. The smallest absolute Gasteiger partial charge is 0.335 e. The maximum absolute atomic E-state index is 12.7. The van der Waals surface area contributed by atoms with Gasteiger partial charge in [-0.25, -0.2) is 4.79 Å². The largest absolute Gasteiger partial charge is 0.466 e. The average Bonchev–Trinajstić information content (AvgIpc) is 3.21. The number of anilines is 1. The van der Waals surface area contributed by atoms with Crippen molar-refractivity contribution in [3.05, 3.63) is 53.3 Å². The van der Waals surface area contributed by atoms with Crippen LogP contribution in [0, 0.1) is 5.41 Å². The molecule has 1 spiro atoms. The van der Waals surface area contributed by atoms with E-state index in [0.717, 1.165) is 49.3 Å². The van der Waals surface area contributed by atoms with Crippen LogP contribution in [0.3, 0.4) is 0 Å². The standard InChI is InChI=1S/C21H24N2O2/c1-3-20-9-6-11-23-12-10-21(19(20)23)15-7-4-5-8-16(15)22-17(21)14(13-20)18(24)25-2/h4-9,19,22H,3,10-13H2,1-2H3/t19-,20-,21-/m1/s1. The van der Waals surface area contributed by atoms with Crippen molar-refractivity contribution in [3.63, 3.8) is 0 Å². The van der Waals surface area contributed by atoms with Gasteiger partial charge >= 0.3 is 5.97 Å². The molecular formula is C21H24N2O2. The minimum atomic E-state index is -0.182. The first-order chi connectivity index (χ1) is 12.2. The third-order valence-electron chi connectivity index (χ3n) is 6.97. The zero-order valence-electron chi connectivity index (χ0n) is 14.8. The number of rotatable bonds is 2. The SMILES string of the molecule is CC[C@@]12C=CCN3CC[C@@]4(C(=C(C(=O)OC)C1)Nc1ccccc14)[C@H]32. The molecule has 4 heteroatoms. The summed E-state index contributed by atoms with van der Waals surface area (Å²) in [6.07, 6.45) is 7.53. The Bertz CT molecular complexity index is 827. The summed E-state index contributed by atoms with van der Waals surface area (Å²) < 4.78 is 5.19. The summed E-state index contributed by atoms with van der Waals surface area (Å²) in [6, 6.07) is 8.99. The molecule has 1 N–H and O–H groups in total. The summed E-state index contributed by atoms with van der Waals surface area (Å²) in [5.41, 5.74) is 4.34. The summed E-state index contributed by atoms with van der Waals surface area (Å²) in [7, 11) is 1.49. The Hall–Kier alpha value is -2.07. The molecule has 25 heavy (non-hydrogen) atoms. The van der Waals surface area contributed by atoms with E-state index in [9.17, 15) is 4.79 Å². The molecular weight excluding hydrogens is 312 g/mol. The van der Waals surface area contributed by atoms with Gasteiger partial charge in [-0.2, -0.15) is 0 Å². The second-order valence-electron chi connectivity index (χ2n) is 7.80. The zero-order chi connectivity index (χ0) is 17.2. The fourth-order valence-electron chi connectivity index (χ4n) is 6.02. The van der Waals surface area contributed by atoms with E-state index in [1.807, 2.05) is 0 Å². The van der Waals surface area contributed by atoms with Crippen LogP contribution in [0.25, 0.3) is 0 Å². The zero-order valence-corrected chi connectivity index (χ0v) is 14.8. The number of nitrogens with one attached hydrogen (secondary N) is 1. The molecule has 1 fully saturated rings. The molecule has 5 rings (SSSR count). The Balaban J connectivity index is 1.83. The van der Waals surface area contributed by atoms with Crippen LogP contribution in [0.4, 0.5) is 5.69 Å². The van der Waals surface area contributed by atoms with Crippen LogP contribution < -0.4 is 5.32 Å². The minimum absolute atomic E-state index is 0.000898. The van der Waals surface area contributed by atoms with Crippen molar-refractivity contribution in [2.75, 3.05) is 25.5 Å². The van der Waals surface area contributed by atoms with Crippen LogP contribution >= 0.6 is 0 Å². The van der Waals surface area contributed by atoms with Gasteiger partial charge in [-0.05, 0) is 30.9 Å². The molecule has 0 bridgehead atoms. The molecule has 1 saturated heterocycles. The van der Waals surface area contributed by atoms with Crippen molar-refractivity contribution in [3.8, 4) is 0 Å². The van der Waals surface area contributed by atoms with Gasteiger partial charge in [-0.1, -0.05) is 37.3 Å². The summed E-state index contributed by atoms with van der Waals surface area (Å²) in [4.78, 5) is 15.3. The summed E-state index contributed by atoms with van der Waals surface area (Å²) >= 11 is 0. The Morgan fingerprint density at radius 1 is 1.40 bits per heavy atom. The molecule has 0 radical (unpaired) electrons. The second-order valence-corrected chi connectivity index (χ2v) is 7.80. The molecule has 0 saturated carbocycles. The predicted molar refractivity (Wildman–Crippen MR) is 97.2 cm³/mol. The van der Waals surface area contributed by atoms with Gasteiger partial charge in [0, 0.05) is 35.9 Å². The number of nitrogens with zero attached hydrogens (tertiary/aromatic N) is 1. The van der Waals surface area contributed by atoms with E-state index in [4.69, 9.17) is 4.74 Å². The molecule has 3 atom stereocenters. The highest BCUT2D eigenvalue weighted by atomic mass is 16.5. The van der Waals surface area contributed by atoms with Gasteiger partial charge in [0.2, 0.25) is 0 Å². The van der Waals surface area contributed by atoms with Crippen molar-refractivity contribution in [2.24, 2.45) is 5.41 Å². The predicted octanol–water partition coefficient (Wildman–Crippen LogP) is 3.22. The van der Waals surface area contributed by atoms with Crippen molar-refractivity contribution in [1.29, 1.82) is 0 Å². The molecule has 1 aromatic rings. The number of esters is 1. The number of carbonyl (C=O) groups excluding carboxylic acids is 1. The van der Waals surface area contributed by atoms with E-state index in [1.54, 1.807) is 0 Å². The molecule has 130 valence electrons. The van der Waals surface area contributed by atoms with E-state index in [0.29, 0.717) is 6.04 Å². The topological polar surface area (TPSA) is 41.6 Å². The lowest BCUT2D eigenvalue weighted by Gasteiger charge is -2.53. The maximum Gasteiger partial charge on any atom is 0.335 e. The highest BCUT2D eigenvalue weighted by Gasteiger charge is 2.65. The maximum atomic E-state index is 12.7. The monoisotopic (exact) mass is 336 g/mol. The third-order valence-corrected chi connectivity index (χ3v) is 6.97. The Morgan fingerprint density at radius 2 is 2.24 bits per heavy atom. The Kier molecular flexibility index (Phi) is 3.03. The molecule has 1 aromatic carbocycles. The number of ether oxygens (including phenoxy) is 1. The van der Waals surface area contributed by atoms with Gasteiger partial charge in [-0.3, -0.25) is 4.90 Å². The first-order valence-corrected chi connectivity index (χ1v) is 9.26. The van der Waals surface area contributed by atoms with Gasteiger partial charge < -0.3 is 10.1 Å². The number of para-hydroxylation sites is 1. The fourth-order valence-corrected chi connectivity index (χ4v) is 6.02. The summed E-state index contributed by atoms with van der Waals surface area (Å²) in [5.74, 6) is -0.182. The molecule has 4 aliphatic rings. The van der Waals surface area contributed by atoms with Crippen LogP contribution in [0.5, 0.6) is 0 Å². The van der Waals surface area contributed by atoms with Crippen molar-refractivity contribution < 1.29 is 9.53 Å². The molecule has 4 nitrogen and oxygen atoms in total. The average molecular weight is 336 g/mol. The van der Waals surface area contributed by atoms with Gasteiger partial charge in [0.15, 0.2) is 0 Å². The van der Waals surface area contributed by atoms with Crippen molar-refractivity contribution in [2.45, 2.75) is 37.6 Å². The van der Waals surface area contributed by atoms with Crippen LogP contribution in [0.2, 0.25) is 0 Å². The van der Waals surface area contributed by atoms with E-state index >= 15 is 0 Å². The minimum Gasteiger partial charge on any atom is -0.466 e. The Labute approximate surface area is 148 Å². The highest BCUT2D eigenvalue weighted by Crippen LogP contribution is 2.64. The molecule has 3 heterocycles. The van der Waals surface area contributed by atoms with E-state index in [2.05, 4.69) is 53.6 Å².